The molecule has 0 saturated carbocycles. The van der Waals surface area contributed by atoms with Gasteiger partial charge in [0.2, 0.25) is 5.91 Å². The lowest BCUT2D eigenvalue weighted by Gasteiger charge is -2.37. The molecule has 1 aromatic carbocycles. The first-order valence-electron chi connectivity index (χ1n) is 8.64. The van der Waals surface area contributed by atoms with Crippen LogP contribution in [0.2, 0.25) is 4.34 Å². The van der Waals surface area contributed by atoms with Gasteiger partial charge in [-0.2, -0.15) is 0 Å². The van der Waals surface area contributed by atoms with E-state index in [2.05, 4.69) is 21.2 Å². The molecule has 1 aliphatic heterocycles. The Hall–Kier alpha value is -1.40. The summed E-state index contributed by atoms with van der Waals surface area (Å²) in [5, 5.41) is 3.04. The highest BCUT2D eigenvalue weighted by atomic mass is 35.5. The number of carbonyl (C=O) groups is 1. The molecule has 1 fully saturated rings. The summed E-state index contributed by atoms with van der Waals surface area (Å²) in [4.78, 5) is 18.4. The second-order valence-corrected chi connectivity index (χ2v) is 8.20. The Morgan fingerprint density at radius 3 is 2.52 bits per heavy atom. The molecule has 0 aliphatic carbocycles. The van der Waals surface area contributed by atoms with E-state index in [0.717, 1.165) is 42.6 Å². The van der Waals surface area contributed by atoms with E-state index in [-0.39, 0.29) is 11.9 Å². The summed E-state index contributed by atoms with van der Waals surface area (Å²) >= 11 is 7.64. The van der Waals surface area contributed by atoms with E-state index in [1.54, 1.807) is 11.3 Å². The summed E-state index contributed by atoms with van der Waals surface area (Å²) in [7, 11) is 0. The Morgan fingerprint density at radius 2 is 1.88 bits per heavy atom. The van der Waals surface area contributed by atoms with Crippen molar-refractivity contribution in [3.05, 3.63) is 57.2 Å². The topological polar surface area (TPSA) is 35.6 Å². The molecule has 3 rings (SSSR count). The van der Waals surface area contributed by atoms with Gasteiger partial charge in [0.25, 0.3) is 0 Å². The van der Waals surface area contributed by atoms with Crippen LogP contribution in [0.25, 0.3) is 0 Å². The summed E-state index contributed by atoms with van der Waals surface area (Å²) in [5.74, 6) is 0.0994. The number of rotatable bonds is 6. The fourth-order valence-corrected chi connectivity index (χ4v) is 4.19. The van der Waals surface area contributed by atoms with E-state index >= 15 is 0 Å². The van der Waals surface area contributed by atoms with Crippen LogP contribution in [0.3, 0.4) is 0 Å². The van der Waals surface area contributed by atoms with Gasteiger partial charge in [-0.3, -0.25) is 14.6 Å². The molecule has 25 heavy (non-hydrogen) atoms. The van der Waals surface area contributed by atoms with Gasteiger partial charge < -0.3 is 5.32 Å². The minimum absolute atomic E-state index is 0.0953. The van der Waals surface area contributed by atoms with E-state index < -0.39 is 0 Å². The van der Waals surface area contributed by atoms with Crippen LogP contribution in [0.4, 0.5) is 0 Å². The number of benzene rings is 1. The summed E-state index contributed by atoms with van der Waals surface area (Å²) in [5.41, 5.74) is 1.13. The Morgan fingerprint density at radius 1 is 1.16 bits per heavy atom. The van der Waals surface area contributed by atoms with Gasteiger partial charge in [0.1, 0.15) is 0 Å². The lowest BCUT2D eigenvalue weighted by Crippen LogP contribution is -2.53. The van der Waals surface area contributed by atoms with Crippen molar-refractivity contribution in [3.8, 4) is 0 Å². The third kappa shape index (κ3) is 5.28. The Balaban J connectivity index is 1.42. The molecule has 6 heteroatoms. The molecule has 1 amide bonds. The predicted octanol–water partition coefficient (Wildman–Crippen LogP) is 3.22. The maximum atomic E-state index is 12.4. The molecule has 0 spiro atoms. The van der Waals surface area contributed by atoms with Gasteiger partial charge in [-0.1, -0.05) is 41.9 Å². The first kappa shape index (κ1) is 18.4. The third-order valence-corrected chi connectivity index (χ3v) is 5.87. The van der Waals surface area contributed by atoms with Crippen molar-refractivity contribution in [2.24, 2.45) is 0 Å². The maximum Gasteiger partial charge on any atom is 0.237 e. The van der Waals surface area contributed by atoms with Crippen molar-refractivity contribution in [1.82, 2.24) is 15.1 Å². The normalized spacial score (nSPS) is 17.4. The van der Waals surface area contributed by atoms with Crippen molar-refractivity contribution in [2.75, 3.05) is 26.2 Å². The maximum absolute atomic E-state index is 12.4. The van der Waals surface area contributed by atoms with Gasteiger partial charge in [-0.25, -0.2) is 0 Å². The second kappa shape index (κ2) is 8.81. The number of hydrogen-bond donors (Lipinski definition) is 1. The average Bonchev–Trinajstić information content (AvgIpc) is 3.05. The monoisotopic (exact) mass is 377 g/mol. The highest BCUT2D eigenvalue weighted by Gasteiger charge is 2.25. The van der Waals surface area contributed by atoms with Gasteiger partial charge >= 0.3 is 0 Å². The van der Waals surface area contributed by atoms with Gasteiger partial charge in [-0.15, -0.1) is 11.3 Å². The molecule has 2 heterocycles. The van der Waals surface area contributed by atoms with Crippen LogP contribution in [0.1, 0.15) is 17.4 Å². The smallest absolute Gasteiger partial charge is 0.237 e. The van der Waals surface area contributed by atoms with Gasteiger partial charge in [0.15, 0.2) is 0 Å². The molecule has 1 N–H and O–H groups in total. The summed E-state index contributed by atoms with van der Waals surface area (Å²) < 4.78 is 0.845. The fourth-order valence-electron chi connectivity index (χ4n) is 3.06. The predicted molar refractivity (Wildman–Crippen MR) is 104 cm³/mol. The standard InChI is InChI=1S/C19H24ClN3OS/c1-15(19(24)21-13-16-5-3-2-4-6-16)23-11-9-22(10-12-23)14-17-7-8-18(20)25-17/h2-8,15H,9-14H2,1H3,(H,21,24)/t15-/m1/s1. The SMILES string of the molecule is C[C@H](C(=O)NCc1ccccc1)N1CCN(Cc2ccc(Cl)s2)CC1. The minimum atomic E-state index is -0.0953. The van der Waals surface area contributed by atoms with Crippen LogP contribution in [0.5, 0.6) is 0 Å². The zero-order valence-corrected chi connectivity index (χ0v) is 16.0. The number of piperazine rings is 1. The van der Waals surface area contributed by atoms with Gasteiger partial charge in [0, 0.05) is 44.1 Å². The number of carbonyl (C=O) groups excluding carboxylic acids is 1. The number of amides is 1. The number of nitrogens with zero attached hydrogens (tertiary/aromatic N) is 2. The van der Waals surface area contributed by atoms with E-state index in [1.807, 2.05) is 43.3 Å². The van der Waals surface area contributed by atoms with Crippen LogP contribution in [-0.2, 0) is 17.9 Å². The molecule has 0 bridgehead atoms. The molecular formula is C19H24ClN3OS. The van der Waals surface area contributed by atoms with Crippen molar-refractivity contribution >= 4 is 28.8 Å². The van der Waals surface area contributed by atoms with Crippen LogP contribution in [0, 0.1) is 0 Å². The van der Waals surface area contributed by atoms with Crippen molar-refractivity contribution in [2.45, 2.75) is 26.1 Å². The Labute approximate surface area is 158 Å². The zero-order chi connectivity index (χ0) is 17.6. The van der Waals surface area contributed by atoms with Crippen LogP contribution >= 0.6 is 22.9 Å². The highest BCUT2D eigenvalue weighted by Crippen LogP contribution is 2.23. The summed E-state index contributed by atoms with van der Waals surface area (Å²) in [6.45, 7) is 7.31. The lowest BCUT2D eigenvalue weighted by atomic mass is 10.2. The second-order valence-electron chi connectivity index (χ2n) is 6.40. The molecule has 4 nitrogen and oxygen atoms in total. The summed E-state index contributed by atoms with van der Waals surface area (Å²) in [6, 6.07) is 14.0. The fraction of sp³-hybridized carbons (Fsp3) is 0.421. The highest BCUT2D eigenvalue weighted by molar-refractivity contribution is 7.16. The molecule has 0 unspecified atom stereocenters. The summed E-state index contributed by atoms with van der Waals surface area (Å²) in [6.07, 6.45) is 0. The van der Waals surface area contributed by atoms with E-state index in [9.17, 15) is 4.79 Å². The molecule has 134 valence electrons. The van der Waals surface area contributed by atoms with E-state index in [4.69, 9.17) is 11.6 Å². The van der Waals surface area contributed by atoms with Crippen molar-refractivity contribution < 1.29 is 4.79 Å². The quantitative estimate of drug-likeness (QED) is 0.839. The molecular weight excluding hydrogens is 354 g/mol. The van der Waals surface area contributed by atoms with Crippen LogP contribution in [0.15, 0.2) is 42.5 Å². The zero-order valence-electron chi connectivity index (χ0n) is 14.5. The van der Waals surface area contributed by atoms with E-state index in [0.29, 0.717) is 6.54 Å². The van der Waals surface area contributed by atoms with Crippen LogP contribution in [-0.4, -0.2) is 47.9 Å². The molecule has 1 aliphatic rings. The van der Waals surface area contributed by atoms with E-state index in [1.165, 1.54) is 4.88 Å². The van der Waals surface area contributed by atoms with Gasteiger partial charge in [-0.05, 0) is 24.6 Å². The Bertz CT molecular complexity index is 683. The third-order valence-electron chi connectivity index (χ3n) is 4.65. The first-order valence-corrected chi connectivity index (χ1v) is 9.83. The van der Waals surface area contributed by atoms with Crippen molar-refractivity contribution in [1.29, 1.82) is 0 Å². The van der Waals surface area contributed by atoms with Crippen LogP contribution < -0.4 is 5.32 Å². The number of hydrogen-bond acceptors (Lipinski definition) is 4. The average molecular weight is 378 g/mol. The minimum Gasteiger partial charge on any atom is -0.351 e. The molecule has 1 atom stereocenters. The number of nitrogens with one attached hydrogen (secondary N) is 1. The largest absolute Gasteiger partial charge is 0.351 e. The molecule has 0 radical (unpaired) electrons. The molecule has 1 aromatic heterocycles. The molecule has 2 aromatic rings. The van der Waals surface area contributed by atoms with Gasteiger partial charge in [0.05, 0.1) is 10.4 Å². The number of halogens is 1. The number of thiophene rings is 1. The molecule has 1 saturated heterocycles. The lowest BCUT2D eigenvalue weighted by molar-refractivity contribution is -0.126. The Kier molecular flexibility index (Phi) is 6.48. The first-order chi connectivity index (χ1) is 12.1. The van der Waals surface area contributed by atoms with Crippen molar-refractivity contribution in [3.63, 3.8) is 0 Å².